The minimum atomic E-state index is -5.01. The number of hydrogen-bond donors (Lipinski definition) is 0. The van der Waals surface area contributed by atoms with Crippen molar-refractivity contribution in [1.29, 1.82) is 0 Å². The van der Waals surface area contributed by atoms with E-state index in [1.165, 1.54) is 4.68 Å². The van der Waals surface area contributed by atoms with E-state index in [2.05, 4.69) is 11.7 Å². The van der Waals surface area contributed by atoms with Crippen LogP contribution in [-0.2, 0) is 6.54 Å². The van der Waals surface area contributed by atoms with Gasteiger partial charge in [-0.3, -0.25) is 4.68 Å². The Bertz CT molecular complexity index is 403. The van der Waals surface area contributed by atoms with Crippen molar-refractivity contribution in [2.24, 2.45) is 0 Å². The first-order valence-corrected chi connectivity index (χ1v) is 4.68. The fourth-order valence-electron chi connectivity index (χ4n) is 1.12. The summed E-state index contributed by atoms with van der Waals surface area (Å²) in [6.45, 7) is 0.900. The van der Waals surface area contributed by atoms with E-state index in [-0.39, 0.29) is 57.9 Å². The van der Waals surface area contributed by atoms with Crippen LogP contribution < -0.4 is 51.4 Å². The molecule has 1 aromatic rings. The summed E-state index contributed by atoms with van der Waals surface area (Å²) in [7, 11) is 0. The maximum atomic E-state index is 12.3. The summed E-state index contributed by atoms with van der Waals surface area (Å²) in [5, 5.41) is 4.30. The molecule has 0 aliphatic rings. The van der Waals surface area contributed by atoms with Crippen LogP contribution in [0.15, 0.2) is 12.1 Å². The summed E-state index contributed by atoms with van der Waals surface area (Å²) in [6, 6.07) is 0. The zero-order chi connectivity index (χ0) is 11.8. The molecule has 0 atom stereocenters. The number of aryl methyl sites for hydroxylation is 1. The van der Waals surface area contributed by atoms with Crippen LogP contribution in [0.1, 0.15) is 11.4 Å². The normalized spacial score (nSPS) is 11.1. The first kappa shape index (κ1) is 16.7. The molecular weight excluding hydrogens is 266 g/mol. The monoisotopic (exact) mass is 276 g/mol. The van der Waals surface area contributed by atoms with E-state index in [1.807, 2.05) is 0 Å². The third-order valence-corrected chi connectivity index (χ3v) is 2.66. The van der Waals surface area contributed by atoms with Gasteiger partial charge in [-0.2, -0.15) is 5.10 Å². The minimum absolute atomic E-state index is 0. The van der Waals surface area contributed by atoms with E-state index in [1.54, 1.807) is 13.8 Å². The second-order valence-corrected chi connectivity index (χ2v) is 3.75. The van der Waals surface area contributed by atoms with Crippen molar-refractivity contribution >= 4 is 18.6 Å². The SMILES string of the molecule is C=C(Cn1nc(C)c(Cl)c1C)[B-](F)(F)F.[K+]. The first-order valence-electron chi connectivity index (χ1n) is 4.30. The Morgan fingerprint density at radius 1 is 1.44 bits per heavy atom. The van der Waals surface area contributed by atoms with Crippen LogP contribution in [0.4, 0.5) is 12.9 Å². The van der Waals surface area contributed by atoms with E-state index in [0.717, 1.165) is 0 Å². The van der Waals surface area contributed by atoms with Gasteiger partial charge < -0.3 is 12.9 Å². The minimum Gasteiger partial charge on any atom is -0.445 e. The van der Waals surface area contributed by atoms with E-state index in [0.29, 0.717) is 16.4 Å². The summed E-state index contributed by atoms with van der Waals surface area (Å²) in [5.74, 6) is 0. The summed E-state index contributed by atoms with van der Waals surface area (Å²) in [4.78, 5) is 0. The van der Waals surface area contributed by atoms with Crippen LogP contribution in [-0.4, -0.2) is 16.8 Å². The van der Waals surface area contributed by atoms with Crippen molar-refractivity contribution in [2.45, 2.75) is 20.4 Å². The molecule has 2 nitrogen and oxygen atoms in total. The summed E-state index contributed by atoms with van der Waals surface area (Å²) < 4.78 is 38.0. The van der Waals surface area contributed by atoms with Crippen LogP contribution in [0.5, 0.6) is 0 Å². The second kappa shape index (κ2) is 6.06. The van der Waals surface area contributed by atoms with Crippen molar-refractivity contribution in [3.8, 4) is 0 Å². The Kier molecular flexibility index (Phi) is 6.34. The fraction of sp³-hybridized carbons (Fsp3) is 0.375. The Balaban J connectivity index is 0.00000225. The maximum Gasteiger partial charge on any atom is 1.00 e. The molecule has 0 spiro atoms. The molecule has 0 radical (unpaired) electrons. The van der Waals surface area contributed by atoms with E-state index >= 15 is 0 Å². The van der Waals surface area contributed by atoms with Gasteiger partial charge in [0.2, 0.25) is 0 Å². The average Bonchev–Trinajstić information content (AvgIpc) is 2.32. The van der Waals surface area contributed by atoms with Gasteiger partial charge in [0.15, 0.2) is 0 Å². The van der Waals surface area contributed by atoms with Gasteiger partial charge in [-0.25, -0.2) is 0 Å². The van der Waals surface area contributed by atoms with E-state index in [4.69, 9.17) is 11.6 Å². The van der Waals surface area contributed by atoms with Crippen molar-refractivity contribution in [2.75, 3.05) is 0 Å². The number of halogens is 4. The van der Waals surface area contributed by atoms with Crippen molar-refractivity contribution in [3.05, 3.63) is 28.5 Å². The molecule has 1 aromatic heterocycles. The standard InChI is InChI=1S/C8H10BClF3N2.K/c1-5(9(11,12)13)4-15-7(3)8(10)6(2)14-15;/h1,4H2,2-3H3;/q-1;+1. The Morgan fingerprint density at radius 2 is 1.94 bits per heavy atom. The van der Waals surface area contributed by atoms with Gasteiger partial charge in [-0.1, -0.05) is 11.6 Å². The molecule has 0 saturated carbocycles. The molecule has 0 N–H and O–H groups in total. The van der Waals surface area contributed by atoms with Gasteiger partial charge >= 0.3 is 58.4 Å². The quantitative estimate of drug-likeness (QED) is 0.716. The van der Waals surface area contributed by atoms with Gasteiger partial charge in [0, 0.05) is 6.54 Å². The fourth-order valence-corrected chi connectivity index (χ4v) is 1.26. The maximum absolute atomic E-state index is 12.3. The summed E-state index contributed by atoms with van der Waals surface area (Å²) in [5.41, 5.74) is 0.268. The predicted molar refractivity (Wildman–Crippen MR) is 54.9 cm³/mol. The number of allylic oxidation sites excluding steroid dienone is 1. The Morgan fingerprint density at radius 3 is 2.25 bits per heavy atom. The van der Waals surface area contributed by atoms with Gasteiger partial charge in [0.05, 0.1) is 16.4 Å². The molecule has 0 fully saturated rings. The van der Waals surface area contributed by atoms with Crippen LogP contribution >= 0.6 is 11.6 Å². The van der Waals surface area contributed by atoms with Crippen LogP contribution in [0.2, 0.25) is 5.02 Å². The third kappa shape index (κ3) is 3.89. The molecule has 0 saturated heterocycles. The van der Waals surface area contributed by atoms with Crippen LogP contribution in [0.3, 0.4) is 0 Å². The Hall–Kier alpha value is 0.731. The van der Waals surface area contributed by atoms with E-state index < -0.39 is 12.4 Å². The van der Waals surface area contributed by atoms with Crippen molar-refractivity contribution in [3.63, 3.8) is 0 Å². The van der Waals surface area contributed by atoms with Gasteiger partial charge in [-0.15, -0.1) is 12.1 Å². The van der Waals surface area contributed by atoms with E-state index in [9.17, 15) is 12.9 Å². The molecule has 0 amide bonds. The molecule has 16 heavy (non-hydrogen) atoms. The molecular formula is C8H10BClF3KN2. The van der Waals surface area contributed by atoms with Crippen LogP contribution in [0.25, 0.3) is 0 Å². The van der Waals surface area contributed by atoms with Gasteiger partial charge in [0.1, 0.15) is 0 Å². The van der Waals surface area contributed by atoms with Gasteiger partial charge in [-0.05, 0) is 13.8 Å². The smallest absolute Gasteiger partial charge is 0.445 e. The molecule has 0 unspecified atom stereocenters. The van der Waals surface area contributed by atoms with Gasteiger partial charge in [0.25, 0.3) is 0 Å². The first-order chi connectivity index (χ1) is 6.73. The van der Waals surface area contributed by atoms with Crippen molar-refractivity contribution < 1.29 is 64.3 Å². The average molecular weight is 277 g/mol. The predicted octanol–water partition coefficient (Wildman–Crippen LogP) is 0.100. The molecule has 1 rings (SSSR count). The van der Waals surface area contributed by atoms with Crippen LogP contribution in [0, 0.1) is 13.8 Å². The largest absolute Gasteiger partial charge is 1.00 e. The molecule has 84 valence electrons. The Labute approximate surface area is 140 Å². The molecule has 0 aliphatic carbocycles. The molecule has 0 aromatic carbocycles. The number of nitrogens with zero attached hydrogens (tertiary/aromatic N) is 2. The zero-order valence-corrected chi connectivity index (χ0v) is 13.3. The molecule has 8 heteroatoms. The number of rotatable bonds is 3. The number of hydrogen-bond acceptors (Lipinski definition) is 1. The third-order valence-electron chi connectivity index (χ3n) is 2.11. The number of aromatic nitrogens is 2. The second-order valence-electron chi connectivity index (χ2n) is 3.38. The molecule has 0 aliphatic heterocycles. The topological polar surface area (TPSA) is 17.8 Å². The zero-order valence-electron chi connectivity index (χ0n) is 9.40. The molecule has 1 heterocycles. The van der Waals surface area contributed by atoms with Crippen molar-refractivity contribution in [1.82, 2.24) is 9.78 Å². The summed E-state index contributed by atoms with van der Waals surface area (Å²) in [6.07, 6.45) is 0. The summed E-state index contributed by atoms with van der Waals surface area (Å²) >= 11 is 5.81. The molecule has 0 bridgehead atoms.